The van der Waals surface area contributed by atoms with Crippen molar-refractivity contribution in [3.63, 3.8) is 0 Å². The van der Waals surface area contributed by atoms with E-state index in [1.807, 2.05) is 9.80 Å². The number of nitrogens with zero attached hydrogens (tertiary/aromatic N) is 2. The van der Waals surface area contributed by atoms with Gasteiger partial charge < -0.3 is 14.5 Å². The molecule has 6 heteroatoms. The van der Waals surface area contributed by atoms with Crippen molar-refractivity contribution in [2.45, 2.75) is 32.1 Å². The lowest BCUT2D eigenvalue weighted by atomic mass is 9.94. The van der Waals surface area contributed by atoms with Crippen molar-refractivity contribution in [3.05, 3.63) is 28.8 Å². The number of methoxy groups -OCH3 is 1. The number of halogens is 1. The Balaban J connectivity index is 1.57. The third-order valence-corrected chi connectivity index (χ3v) is 5.43. The number of ether oxygens (including phenoxy) is 1. The van der Waals surface area contributed by atoms with Crippen molar-refractivity contribution in [1.29, 1.82) is 0 Å². The van der Waals surface area contributed by atoms with E-state index in [2.05, 4.69) is 0 Å². The number of piperidine rings is 2. The van der Waals surface area contributed by atoms with Gasteiger partial charge in [0.2, 0.25) is 5.91 Å². The Bertz CT molecular complexity index is 642. The maximum atomic E-state index is 12.8. The summed E-state index contributed by atoms with van der Waals surface area (Å²) in [7, 11) is 1.55. The van der Waals surface area contributed by atoms with Crippen LogP contribution in [-0.2, 0) is 4.79 Å². The quantitative estimate of drug-likeness (QED) is 0.824. The van der Waals surface area contributed by atoms with E-state index < -0.39 is 0 Å². The highest BCUT2D eigenvalue weighted by Crippen LogP contribution is 2.27. The third kappa shape index (κ3) is 4.27. The van der Waals surface area contributed by atoms with Gasteiger partial charge in [-0.25, -0.2) is 0 Å². The van der Waals surface area contributed by atoms with Gasteiger partial charge in [0.05, 0.1) is 12.7 Å². The van der Waals surface area contributed by atoms with Crippen molar-refractivity contribution in [2.24, 2.45) is 5.92 Å². The van der Waals surface area contributed by atoms with Gasteiger partial charge in [-0.15, -0.1) is 0 Å². The molecule has 0 aliphatic carbocycles. The smallest absolute Gasteiger partial charge is 0.257 e. The van der Waals surface area contributed by atoms with Crippen LogP contribution in [0.5, 0.6) is 5.75 Å². The first kappa shape index (κ1) is 18.1. The van der Waals surface area contributed by atoms with Crippen LogP contribution in [0, 0.1) is 5.92 Å². The molecule has 1 aromatic rings. The summed E-state index contributed by atoms with van der Waals surface area (Å²) >= 11 is 5.97. The van der Waals surface area contributed by atoms with Crippen LogP contribution in [-0.4, -0.2) is 54.9 Å². The Labute approximate surface area is 153 Å². The van der Waals surface area contributed by atoms with Crippen LogP contribution >= 0.6 is 11.6 Å². The Kier molecular flexibility index (Phi) is 5.84. The maximum Gasteiger partial charge on any atom is 0.257 e. The maximum absolute atomic E-state index is 12.8. The van der Waals surface area contributed by atoms with Crippen LogP contribution < -0.4 is 4.74 Å². The van der Waals surface area contributed by atoms with Crippen molar-refractivity contribution in [1.82, 2.24) is 9.80 Å². The summed E-state index contributed by atoms with van der Waals surface area (Å²) < 4.78 is 5.30. The van der Waals surface area contributed by atoms with Crippen LogP contribution in [0.15, 0.2) is 18.2 Å². The zero-order valence-corrected chi connectivity index (χ0v) is 15.4. The molecule has 0 N–H and O–H groups in total. The van der Waals surface area contributed by atoms with Gasteiger partial charge in [0.25, 0.3) is 5.91 Å². The zero-order chi connectivity index (χ0) is 17.8. The predicted molar refractivity (Wildman–Crippen MR) is 97.1 cm³/mol. The largest absolute Gasteiger partial charge is 0.496 e. The van der Waals surface area contributed by atoms with E-state index >= 15 is 0 Å². The SMILES string of the molecule is COc1cc(Cl)ccc1C(=O)N1CCC(CN2CCCCC2=O)CC1. The number of amides is 2. The van der Waals surface area contributed by atoms with E-state index in [0.717, 1.165) is 51.9 Å². The molecule has 0 bridgehead atoms. The molecule has 2 aliphatic rings. The second-order valence-electron chi connectivity index (χ2n) is 6.88. The van der Waals surface area contributed by atoms with Crippen LogP contribution in [0.25, 0.3) is 0 Å². The first-order valence-corrected chi connectivity index (χ1v) is 9.37. The minimum absolute atomic E-state index is 0.0129. The summed E-state index contributed by atoms with van der Waals surface area (Å²) in [6.45, 7) is 3.17. The van der Waals surface area contributed by atoms with Crippen LogP contribution in [0.2, 0.25) is 5.02 Å². The minimum Gasteiger partial charge on any atom is -0.496 e. The van der Waals surface area contributed by atoms with E-state index in [9.17, 15) is 9.59 Å². The molecule has 0 saturated carbocycles. The van der Waals surface area contributed by atoms with Crippen LogP contribution in [0.4, 0.5) is 0 Å². The van der Waals surface area contributed by atoms with Crippen molar-refractivity contribution >= 4 is 23.4 Å². The van der Waals surface area contributed by atoms with E-state index in [0.29, 0.717) is 28.7 Å². The van der Waals surface area contributed by atoms with E-state index in [1.165, 1.54) is 0 Å². The summed E-state index contributed by atoms with van der Waals surface area (Å²) in [6.07, 6.45) is 4.69. The molecule has 2 heterocycles. The Hall–Kier alpha value is -1.75. The molecule has 2 amide bonds. The molecule has 5 nitrogen and oxygen atoms in total. The monoisotopic (exact) mass is 364 g/mol. The van der Waals surface area contributed by atoms with Crippen molar-refractivity contribution in [3.8, 4) is 5.75 Å². The molecular formula is C19H25ClN2O3. The summed E-state index contributed by atoms with van der Waals surface area (Å²) in [5.74, 6) is 1.27. The van der Waals surface area contributed by atoms with Crippen molar-refractivity contribution in [2.75, 3.05) is 33.3 Å². The first-order chi connectivity index (χ1) is 12.1. The van der Waals surface area contributed by atoms with E-state index in [-0.39, 0.29) is 11.8 Å². The van der Waals surface area contributed by atoms with Gasteiger partial charge in [0.15, 0.2) is 0 Å². The molecule has 136 valence electrons. The molecule has 0 spiro atoms. The predicted octanol–water partition coefficient (Wildman–Crippen LogP) is 3.21. The summed E-state index contributed by atoms with van der Waals surface area (Å²) in [6, 6.07) is 5.11. The molecule has 1 aromatic carbocycles. The summed E-state index contributed by atoms with van der Waals surface area (Å²) in [5.41, 5.74) is 0.552. The number of hydrogen-bond donors (Lipinski definition) is 0. The topological polar surface area (TPSA) is 49.9 Å². The summed E-state index contributed by atoms with van der Waals surface area (Å²) in [5, 5.41) is 0.554. The molecule has 0 unspecified atom stereocenters. The summed E-state index contributed by atoms with van der Waals surface area (Å²) in [4.78, 5) is 28.6. The average molecular weight is 365 g/mol. The van der Waals surface area contributed by atoms with Gasteiger partial charge in [-0.3, -0.25) is 9.59 Å². The van der Waals surface area contributed by atoms with Gasteiger partial charge >= 0.3 is 0 Å². The zero-order valence-electron chi connectivity index (χ0n) is 14.7. The van der Waals surface area contributed by atoms with Crippen molar-refractivity contribution < 1.29 is 14.3 Å². The average Bonchev–Trinajstić information content (AvgIpc) is 2.63. The highest BCUT2D eigenvalue weighted by molar-refractivity contribution is 6.30. The fraction of sp³-hybridized carbons (Fsp3) is 0.579. The number of benzene rings is 1. The molecule has 0 aromatic heterocycles. The molecule has 3 rings (SSSR count). The van der Waals surface area contributed by atoms with Gasteiger partial charge in [-0.2, -0.15) is 0 Å². The molecule has 0 radical (unpaired) electrons. The number of carbonyl (C=O) groups excluding carboxylic acids is 2. The Morgan fingerprint density at radius 3 is 2.68 bits per heavy atom. The number of carbonyl (C=O) groups is 2. The highest BCUT2D eigenvalue weighted by atomic mass is 35.5. The van der Waals surface area contributed by atoms with Crippen LogP contribution in [0.1, 0.15) is 42.5 Å². The standard InChI is InChI=1S/C19H25ClN2O3/c1-25-17-12-15(20)5-6-16(17)19(24)21-10-7-14(8-11-21)13-22-9-3-2-4-18(22)23/h5-6,12,14H,2-4,7-11,13H2,1H3. The number of rotatable bonds is 4. The number of likely N-dealkylation sites (tertiary alicyclic amines) is 2. The molecule has 0 atom stereocenters. The molecule has 25 heavy (non-hydrogen) atoms. The molecule has 2 fully saturated rings. The lowest BCUT2D eigenvalue weighted by Gasteiger charge is -2.36. The highest BCUT2D eigenvalue weighted by Gasteiger charge is 2.28. The van der Waals surface area contributed by atoms with Gasteiger partial charge in [0.1, 0.15) is 5.75 Å². The first-order valence-electron chi connectivity index (χ1n) is 8.99. The van der Waals surface area contributed by atoms with Crippen LogP contribution in [0.3, 0.4) is 0 Å². The van der Waals surface area contributed by atoms with Gasteiger partial charge in [0, 0.05) is 37.6 Å². The molecule has 2 saturated heterocycles. The minimum atomic E-state index is -0.0129. The lowest BCUT2D eigenvalue weighted by molar-refractivity contribution is -0.134. The van der Waals surface area contributed by atoms with E-state index in [4.69, 9.17) is 16.3 Å². The Morgan fingerprint density at radius 2 is 2.00 bits per heavy atom. The lowest BCUT2D eigenvalue weighted by Crippen LogP contribution is -2.44. The third-order valence-electron chi connectivity index (χ3n) is 5.20. The van der Waals surface area contributed by atoms with E-state index in [1.54, 1.807) is 25.3 Å². The van der Waals surface area contributed by atoms with Gasteiger partial charge in [-0.05, 0) is 49.8 Å². The normalized spacial score (nSPS) is 19.2. The second-order valence-corrected chi connectivity index (χ2v) is 7.31. The molecular weight excluding hydrogens is 340 g/mol. The fourth-order valence-electron chi connectivity index (χ4n) is 3.70. The number of hydrogen-bond acceptors (Lipinski definition) is 3. The fourth-order valence-corrected chi connectivity index (χ4v) is 3.86. The Morgan fingerprint density at radius 1 is 1.24 bits per heavy atom. The molecule has 2 aliphatic heterocycles. The van der Waals surface area contributed by atoms with Gasteiger partial charge in [-0.1, -0.05) is 11.6 Å². The second kappa shape index (κ2) is 8.09.